The number of fused-ring (bicyclic) bond motifs is 1. The van der Waals surface area contributed by atoms with Gasteiger partial charge in [0.1, 0.15) is 0 Å². The molecule has 0 bridgehead atoms. The molecule has 2 saturated heterocycles. The van der Waals surface area contributed by atoms with Crippen molar-refractivity contribution in [3.05, 3.63) is 0 Å². The first-order valence-electron chi connectivity index (χ1n) is 7.58. The van der Waals surface area contributed by atoms with Crippen LogP contribution < -0.4 is 5.73 Å². The van der Waals surface area contributed by atoms with Crippen LogP contribution in [-0.2, 0) is 10.2 Å². The maximum absolute atomic E-state index is 12.5. The van der Waals surface area contributed by atoms with Crippen molar-refractivity contribution in [2.75, 3.05) is 46.8 Å². The molecule has 7 heteroatoms. The number of piperidine rings is 2. The van der Waals surface area contributed by atoms with Crippen LogP contribution in [0.4, 0.5) is 0 Å². The fourth-order valence-electron chi connectivity index (χ4n) is 3.46. The highest BCUT2D eigenvalue weighted by atomic mass is 32.2. The van der Waals surface area contributed by atoms with Gasteiger partial charge in [0, 0.05) is 32.7 Å². The Morgan fingerprint density at radius 2 is 2.05 bits per heavy atom. The molecule has 0 aromatic carbocycles. The van der Waals surface area contributed by atoms with Gasteiger partial charge in [-0.2, -0.15) is 17.0 Å². The van der Waals surface area contributed by atoms with Crippen molar-refractivity contribution in [3.8, 4) is 0 Å². The van der Waals surface area contributed by atoms with Gasteiger partial charge < -0.3 is 10.6 Å². The highest BCUT2D eigenvalue weighted by Crippen LogP contribution is 2.31. The van der Waals surface area contributed by atoms with Crippen LogP contribution in [0.25, 0.3) is 0 Å². The number of hydrogen-bond donors (Lipinski definition) is 1. The third-order valence-corrected chi connectivity index (χ3v) is 6.66. The lowest BCUT2D eigenvalue weighted by Gasteiger charge is -2.45. The molecule has 0 aromatic rings. The molecule has 2 rings (SSSR count). The predicted octanol–water partition coefficient (Wildman–Crippen LogP) is -0.0721. The summed E-state index contributed by atoms with van der Waals surface area (Å²) >= 11 is 0. The third-order valence-electron chi connectivity index (χ3n) is 4.71. The van der Waals surface area contributed by atoms with Crippen LogP contribution in [0.1, 0.15) is 25.7 Å². The Hall–Kier alpha value is -0.210. The molecule has 2 heterocycles. The predicted molar refractivity (Wildman–Crippen MR) is 80.6 cm³/mol. The van der Waals surface area contributed by atoms with Crippen molar-refractivity contribution in [3.63, 3.8) is 0 Å². The largest absolute Gasteiger partial charge is 0.330 e. The first-order chi connectivity index (χ1) is 9.46. The Kier molecular flexibility index (Phi) is 5.42. The first kappa shape index (κ1) is 16.2. The zero-order valence-electron chi connectivity index (χ0n) is 12.7. The van der Waals surface area contributed by atoms with Crippen molar-refractivity contribution in [1.82, 2.24) is 13.5 Å². The summed E-state index contributed by atoms with van der Waals surface area (Å²) in [5, 5.41) is 0. The molecule has 2 unspecified atom stereocenters. The maximum Gasteiger partial charge on any atom is 0.281 e. The van der Waals surface area contributed by atoms with Crippen molar-refractivity contribution in [2.45, 2.75) is 31.7 Å². The SMILES string of the molecule is CN1CCCC2CN(S(=O)(=O)N(C)CCCN)CCC21. The van der Waals surface area contributed by atoms with Gasteiger partial charge in [0.25, 0.3) is 10.2 Å². The lowest BCUT2D eigenvalue weighted by molar-refractivity contribution is 0.0653. The minimum atomic E-state index is -3.31. The van der Waals surface area contributed by atoms with E-state index in [2.05, 4.69) is 11.9 Å². The fraction of sp³-hybridized carbons (Fsp3) is 1.00. The van der Waals surface area contributed by atoms with Gasteiger partial charge in [-0.3, -0.25) is 0 Å². The molecule has 0 spiro atoms. The van der Waals surface area contributed by atoms with E-state index >= 15 is 0 Å². The molecule has 0 radical (unpaired) electrons. The minimum Gasteiger partial charge on any atom is -0.330 e. The summed E-state index contributed by atoms with van der Waals surface area (Å²) in [4.78, 5) is 2.40. The van der Waals surface area contributed by atoms with Crippen LogP contribution in [-0.4, -0.2) is 74.8 Å². The molecule has 20 heavy (non-hydrogen) atoms. The molecule has 2 N–H and O–H groups in total. The summed E-state index contributed by atoms with van der Waals surface area (Å²) in [5.41, 5.74) is 5.46. The standard InChI is InChI=1S/C13H28N4O2S/c1-15-8-3-5-12-11-17(10-6-13(12)15)20(18,19)16(2)9-4-7-14/h12-13H,3-11,14H2,1-2H3. The molecule has 0 aliphatic carbocycles. The molecular weight excluding hydrogens is 276 g/mol. The Labute approximate surface area is 123 Å². The van der Waals surface area contributed by atoms with Crippen LogP contribution in [0.2, 0.25) is 0 Å². The Morgan fingerprint density at radius 3 is 2.75 bits per heavy atom. The molecule has 2 aliphatic heterocycles. The summed E-state index contributed by atoms with van der Waals surface area (Å²) in [5.74, 6) is 0.486. The first-order valence-corrected chi connectivity index (χ1v) is 8.98. The van der Waals surface area contributed by atoms with Crippen LogP contribution >= 0.6 is 0 Å². The summed E-state index contributed by atoms with van der Waals surface area (Å²) in [6, 6.07) is 0.560. The van der Waals surface area contributed by atoms with Crippen LogP contribution in [0.15, 0.2) is 0 Å². The number of hydrogen-bond acceptors (Lipinski definition) is 4. The molecule has 0 saturated carbocycles. The van der Waals surface area contributed by atoms with Gasteiger partial charge in [-0.25, -0.2) is 0 Å². The van der Waals surface area contributed by atoms with Crippen molar-refractivity contribution in [2.24, 2.45) is 11.7 Å². The topological polar surface area (TPSA) is 69.9 Å². The van der Waals surface area contributed by atoms with Crippen molar-refractivity contribution < 1.29 is 8.42 Å². The number of nitrogens with two attached hydrogens (primary N) is 1. The molecule has 2 atom stereocenters. The minimum absolute atomic E-state index is 0.486. The number of nitrogens with zero attached hydrogens (tertiary/aromatic N) is 3. The van der Waals surface area contributed by atoms with Crippen LogP contribution in [0.3, 0.4) is 0 Å². The molecular formula is C13H28N4O2S. The zero-order valence-corrected chi connectivity index (χ0v) is 13.5. The van der Waals surface area contributed by atoms with Gasteiger partial charge in [0.05, 0.1) is 0 Å². The lowest BCUT2D eigenvalue weighted by atomic mass is 9.85. The zero-order chi connectivity index (χ0) is 14.8. The van der Waals surface area contributed by atoms with E-state index in [-0.39, 0.29) is 0 Å². The van der Waals surface area contributed by atoms with Gasteiger partial charge >= 0.3 is 0 Å². The van der Waals surface area contributed by atoms with E-state index in [0.717, 1.165) is 19.4 Å². The highest BCUT2D eigenvalue weighted by Gasteiger charge is 2.39. The van der Waals surface area contributed by atoms with Crippen molar-refractivity contribution >= 4 is 10.2 Å². The second kappa shape index (κ2) is 6.70. The monoisotopic (exact) mass is 304 g/mol. The average molecular weight is 304 g/mol. The summed E-state index contributed by atoms with van der Waals surface area (Å²) < 4.78 is 28.2. The smallest absolute Gasteiger partial charge is 0.281 e. The molecule has 2 fully saturated rings. The Morgan fingerprint density at radius 1 is 1.30 bits per heavy atom. The molecule has 0 aromatic heterocycles. The number of rotatable bonds is 5. The van der Waals surface area contributed by atoms with Crippen LogP contribution in [0.5, 0.6) is 0 Å². The molecule has 6 nitrogen and oxygen atoms in total. The van der Waals surface area contributed by atoms with E-state index < -0.39 is 10.2 Å². The van der Waals surface area contributed by atoms with E-state index in [1.165, 1.54) is 10.7 Å². The van der Waals surface area contributed by atoms with Gasteiger partial charge in [0.15, 0.2) is 0 Å². The van der Waals surface area contributed by atoms with Crippen LogP contribution in [0, 0.1) is 5.92 Å². The number of likely N-dealkylation sites (tertiary alicyclic amines) is 1. The second-order valence-electron chi connectivity index (χ2n) is 6.07. The van der Waals surface area contributed by atoms with Crippen molar-refractivity contribution in [1.29, 1.82) is 0 Å². The van der Waals surface area contributed by atoms with E-state index in [1.54, 1.807) is 11.4 Å². The Bertz CT molecular complexity index is 415. The van der Waals surface area contributed by atoms with E-state index in [0.29, 0.717) is 44.6 Å². The maximum atomic E-state index is 12.5. The van der Waals surface area contributed by atoms with Gasteiger partial charge in [-0.1, -0.05) is 0 Å². The second-order valence-corrected chi connectivity index (χ2v) is 8.10. The molecule has 0 amide bonds. The highest BCUT2D eigenvalue weighted by molar-refractivity contribution is 7.86. The van der Waals surface area contributed by atoms with E-state index in [1.807, 2.05) is 0 Å². The van der Waals surface area contributed by atoms with E-state index in [4.69, 9.17) is 5.73 Å². The molecule has 118 valence electrons. The third kappa shape index (κ3) is 3.33. The van der Waals surface area contributed by atoms with Gasteiger partial charge in [0.2, 0.25) is 0 Å². The van der Waals surface area contributed by atoms with Gasteiger partial charge in [-0.05, 0) is 51.7 Å². The fourth-order valence-corrected chi connectivity index (χ4v) is 4.93. The summed E-state index contributed by atoms with van der Waals surface area (Å²) in [6.07, 6.45) is 3.98. The average Bonchev–Trinajstić information content (AvgIpc) is 2.44. The van der Waals surface area contributed by atoms with Gasteiger partial charge in [-0.15, -0.1) is 0 Å². The molecule has 2 aliphatic rings. The quantitative estimate of drug-likeness (QED) is 0.772. The summed E-state index contributed by atoms with van der Waals surface area (Å²) in [6.45, 7) is 3.48. The van der Waals surface area contributed by atoms with E-state index in [9.17, 15) is 8.42 Å². The lowest BCUT2D eigenvalue weighted by Crippen LogP contribution is -2.55. The Balaban J connectivity index is 2.00. The summed E-state index contributed by atoms with van der Waals surface area (Å²) in [7, 11) is 0.508. The normalized spacial score (nSPS) is 29.6.